The van der Waals surface area contributed by atoms with Crippen LogP contribution >= 0.6 is 0 Å². The van der Waals surface area contributed by atoms with Gasteiger partial charge in [0.2, 0.25) is 0 Å². The van der Waals surface area contributed by atoms with Crippen molar-refractivity contribution in [3.05, 3.63) is 23.3 Å². The molecule has 0 fully saturated rings. The highest BCUT2D eigenvalue weighted by Gasteiger charge is 2.20. The van der Waals surface area contributed by atoms with Gasteiger partial charge in [-0.15, -0.1) is 0 Å². The molecule has 112 valence electrons. The molecule has 4 amide bonds. The molecular formula is C15H18N2O4. The van der Waals surface area contributed by atoms with E-state index in [0.29, 0.717) is 24.0 Å². The van der Waals surface area contributed by atoms with E-state index in [9.17, 15) is 19.2 Å². The molecule has 2 heterocycles. The number of unbranched alkanes of at least 4 members (excludes halogenated alkanes) is 4. The molecule has 0 spiro atoms. The largest absolute Gasteiger partial charge is 0.289 e. The van der Waals surface area contributed by atoms with E-state index in [1.54, 1.807) is 0 Å². The Balaban J connectivity index is 1.53. The fourth-order valence-corrected chi connectivity index (χ4v) is 2.44. The predicted molar refractivity (Wildman–Crippen MR) is 74.8 cm³/mol. The minimum Gasteiger partial charge on any atom is -0.289 e. The molecule has 6 heteroatoms. The van der Waals surface area contributed by atoms with E-state index in [4.69, 9.17) is 0 Å². The van der Waals surface area contributed by atoms with Crippen molar-refractivity contribution < 1.29 is 19.2 Å². The van der Waals surface area contributed by atoms with Crippen LogP contribution in [0.5, 0.6) is 0 Å². The van der Waals surface area contributed by atoms with Gasteiger partial charge >= 0.3 is 0 Å². The van der Waals surface area contributed by atoms with E-state index < -0.39 is 0 Å². The van der Waals surface area contributed by atoms with Gasteiger partial charge in [-0.1, -0.05) is 19.3 Å². The number of rotatable bonds is 8. The van der Waals surface area contributed by atoms with Crippen molar-refractivity contribution in [2.75, 3.05) is 0 Å². The zero-order chi connectivity index (χ0) is 15.2. The highest BCUT2D eigenvalue weighted by atomic mass is 16.2. The van der Waals surface area contributed by atoms with Crippen LogP contribution < -0.4 is 10.6 Å². The molecule has 0 atom stereocenters. The molecule has 2 aliphatic rings. The first-order chi connectivity index (χ1) is 10.1. The minimum absolute atomic E-state index is 0.274. The lowest BCUT2D eigenvalue weighted by atomic mass is 10.0. The lowest BCUT2D eigenvalue weighted by molar-refractivity contribution is -0.125. The van der Waals surface area contributed by atoms with Gasteiger partial charge in [-0.3, -0.25) is 29.8 Å². The Kier molecular flexibility index (Phi) is 5.03. The smallest absolute Gasteiger partial charge is 0.254 e. The fraction of sp³-hybridized carbons (Fsp3) is 0.467. The summed E-state index contributed by atoms with van der Waals surface area (Å²) in [7, 11) is 0. The average molecular weight is 290 g/mol. The van der Waals surface area contributed by atoms with Gasteiger partial charge in [0.15, 0.2) is 0 Å². The minimum atomic E-state index is -0.326. The molecule has 0 aromatic carbocycles. The zero-order valence-corrected chi connectivity index (χ0v) is 11.7. The van der Waals surface area contributed by atoms with Crippen LogP contribution in [-0.2, 0) is 19.2 Å². The molecule has 0 bridgehead atoms. The Morgan fingerprint density at radius 1 is 0.619 bits per heavy atom. The first-order valence-corrected chi connectivity index (χ1v) is 7.18. The van der Waals surface area contributed by atoms with Crippen LogP contribution in [0.2, 0.25) is 0 Å². The summed E-state index contributed by atoms with van der Waals surface area (Å²) < 4.78 is 0. The first-order valence-electron chi connectivity index (χ1n) is 7.18. The lowest BCUT2D eigenvalue weighted by Gasteiger charge is -2.02. The summed E-state index contributed by atoms with van der Waals surface area (Å²) in [6, 6.07) is 0. The highest BCUT2D eigenvalue weighted by molar-refractivity contribution is 6.16. The molecule has 0 aromatic rings. The second kappa shape index (κ2) is 6.97. The molecule has 0 aliphatic carbocycles. The Morgan fingerprint density at radius 3 is 1.33 bits per heavy atom. The second-order valence-electron chi connectivity index (χ2n) is 5.24. The van der Waals surface area contributed by atoms with Crippen LogP contribution in [-0.4, -0.2) is 23.6 Å². The van der Waals surface area contributed by atoms with Gasteiger partial charge in [0, 0.05) is 23.3 Å². The van der Waals surface area contributed by atoms with Crippen LogP contribution in [0.3, 0.4) is 0 Å². The Hall–Kier alpha value is -2.24. The number of amides is 4. The van der Waals surface area contributed by atoms with Crippen molar-refractivity contribution in [1.82, 2.24) is 10.6 Å². The van der Waals surface area contributed by atoms with Gasteiger partial charge in [0.05, 0.1) is 0 Å². The zero-order valence-electron chi connectivity index (χ0n) is 11.7. The molecule has 0 aromatic heterocycles. The highest BCUT2D eigenvalue weighted by Crippen LogP contribution is 2.16. The Labute approximate surface area is 122 Å². The summed E-state index contributed by atoms with van der Waals surface area (Å²) >= 11 is 0. The maximum atomic E-state index is 11.3. The van der Waals surface area contributed by atoms with E-state index in [1.165, 1.54) is 12.2 Å². The molecule has 0 unspecified atom stereocenters. The normalized spacial score (nSPS) is 17.7. The van der Waals surface area contributed by atoms with Crippen LogP contribution in [0.1, 0.15) is 44.9 Å². The van der Waals surface area contributed by atoms with Crippen LogP contribution in [0.25, 0.3) is 0 Å². The van der Waals surface area contributed by atoms with E-state index in [0.717, 1.165) is 32.1 Å². The quantitative estimate of drug-likeness (QED) is 0.513. The maximum Gasteiger partial charge on any atom is 0.254 e. The number of imide groups is 2. The van der Waals surface area contributed by atoms with Crippen molar-refractivity contribution in [2.45, 2.75) is 44.9 Å². The van der Waals surface area contributed by atoms with E-state index in [1.807, 2.05) is 0 Å². The third-order valence-electron chi connectivity index (χ3n) is 3.56. The van der Waals surface area contributed by atoms with Crippen LogP contribution in [0.15, 0.2) is 23.3 Å². The molecule has 6 nitrogen and oxygen atoms in total. The van der Waals surface area contributed by atoms with Gasteiger partial charge in [0.1, 0.15) is 0 Å². The molecule has 2 rings (SSSR count). The topological polar surface area (TPSA) is 92.3 Å². The van der Waals surface area contributed by atoms with Gasteiger partial charge in [-0.05, 0) is 25.7 Å². The SMILES string of the molecule is O=C1C=C(CCCCCCCC2=CC(=O)NC2=O)C(=O)N1. The molecule has 21 heavy (non-hydrogen) atoms. The molecule has 2 N–H and O–H groups in total. The monoisotopic (exact) mass is 290 g/mol. The van der Waals surface area contributed by atoms with E-state index in [-0.39, 0.29) is 23.6 Å². The van der Waals surface area contributed by atoms with Gasteiger partial charge in [0.25, 0.3) is 23.6 Å². The number of carbonyl (C=O) groups is 4. The Morgan fingerprint density at radius 2 is 1.00 bits per heavy atom. The van der Waals surface area contributed by atoms with Gasteiger partial charge < -0.3 is 0 Å². The lowest BCUT2D eigenvalue weighted by Crippen LogP contribution is -2.22. The van der Waals surface area contributed by atoms with E-state index >= 15 is 0 Å². The van der Waals surface area contributed by atoms with Crippen molar-refractivity contribution >= 4 is 23.6 Å². The van der Waals surface area contributed by atoms with Crippen molar-refractivity contribution in [1.29, 1.82) is 0 Å². The molecule has 2 aliphatic heterocycles. The Bertz CT molecular complexity index is 498. The molecule has 0 saturated carbocycles. The number of hydrogen-bond donors (Lipinski definition) is 2. The fourth-order valence-electron chi connectivity index (χ4n) is 2.44. The number of carbonyl (C=O) groups excluding carboxylic acids is 4. The van der Waals surface area contributed by atoms with Crippen LogP contribution in [0.4, 0.5) is 0 Å². The van der Waals surface area contributed by atoms with Crippen molar-refractivity contribution in [2.24, 2.45) is 0 Å². The molecule has 0 radical (unpaired) electrons. The predicted octanol–water partition coefficient (Wildman–Crippen LogP) is 0.883. The molecular weight excluding hydrogens is 272 g/mol. The summed E-state index contributed by atoms with van der Waals surface area (Å²) in [5.74, 6) is -1.20. The number of nitrogens with one attached hydrogen (secondary N) is 2. The van der Waals surface area contributed by atoms with Crippen molar-refractivity contribution in [3.63, 3.8) is 0 Å². The third kappa shape index (κ3) is 4.37. The van der Waals surface area contributed by atoms with Crippen LogP contribution in [0, 0.1) is 0 Å². The molecule has 0 saturated heterocycles. The third-order valence-corrected chi connectivity index (χ3v) is 3.56. The standard InChI is InChI=1S/C15H18N2O4/c18-12-8-10(14(20)16-12)6-4-2-1-3-5-7-11-9-13(19)17-15(11)21/h8-9H,1-7H2,(H,16,18,20)(H,17,19,21). The summed E-state index contributed by atoms with van der Waals surface area (Å²) in [6.07, 6.45) is 8.67. The van der Waals surface area contributed by atoms with E-state index in [2.05, 4.69) is 10.6 Å². The maximum absolute atomic E-state index is 11.3. The second-order valence-corrected chi connectivity index (χ2v) is 5.24. The first kappa shape index (κ1) is 15.2. The number of hydrogen-bond acceptors (Lipinski definition) is 4. The summed E-state index contributed by atoms with van der Waals surface area (Å²) in [5.41, 5.74) is 1.12. The average Bonchev–Trinajstić information content (AvgIpc) is 2.90. The summed E-state index contributed by atoms with van der Waals surface area (Å²) in [6.45, 7) is 0. The van der Waals surface area contributed by atoms with Gasteiger partial charge in [-0.25, -0.2) is 0 Å². The van der Waals surface area contributed by atoms with Gasteiger partial charge in [-0.2, -0.15) is 0 Å². The van der Waals surface area contributed by atoms with Crippen molar-refractivity contribution in [3.8, 4) is 0 Å². The summed E-state index contributed by atoms with van der Waals surface area (Å²) in [5, 5.41) is 4.45. The summed E-state index contributed by atoms with van der Waals surface area (Å²) in [4.78, 5) is 44.5.